The Labute approximate surface area is 152 Å². The largest absolute Gasteiger partial charge is 0.357 e. The van der Waals surface area contributed by atoms with Gasteiger partial charge in [-0.1, -0.05) is 24.3 Å². The minimum atomic E-state index is -0.265. The molecule has 1 aliphatic rings. The first-order chi connectivity index (χ1) is 12.7. The number of piperazine rings is 1. The highest BCUT2D eigenvalue weighted by atomic mass is 19.1. The summed E-state index contributed by atoms with van der Waals surface area (Å²) in [5.74, 6) is -0.529. The van der Waals surface area contributed by atoms with Crippen LogP contribution >= 0.6 is 0 Å². The number of halogens is 2. The van der Waals surface area contributed by atoms with Crippen molar-refractivity contribution in [3.63, 3.8) is 0 Å². The van der Waals surface area contributed by atoms with Crippen LogP contribution in [0, 0.1) is 11.6 Å². The maximum atomic E-state index is 13.3. The number of benzene rings is 2. The van der Waals surface area contributed by atoms with Crippen LogP contribution in [-0.4, -0.2) is 55.5 Å². The van der Waals surface area contributed by atoms with Crippen molar-refractivity contribution in [1.82, 2.24) is 15.1 Å². The quantitative estimate of drug-likeness (QED) is 0.609. The van der Waals surface area contributed by atoms with E-state index in [0.717, 1.165) is 50.3 Å². The predicted molar refractivity (Wildman–Crippen MR) is 96.7 cm³/mol. The van der Waals surface area contributed by atoms with Gasteiger partial charge in [0, 0.05) is 39.3 Å². The molecule has 1 heterocycles. The van der Waals surface area contributed by atoms with Gasteiger partial charge in [-0.05, 0) is 35.4 Å². The summed E-state index contributed by atoms with van der Waals surface area (Å²) in [6.07, 6.45) is 0.718. The molecule has 0 aliphatic carbocycles. The molecule has 1 aliphatic heterocycles. The maximum absolute atomic E-state index is 13.3. The van der Waals surface area contributed by atoms with Crippen LogP contribution < -0.4 is 5.32 Å². The molecule has 26 heavy (non-hydrogen) atoms. The Morgan fingerprint density at radius 1 is 0.885 bits per heavy atom. The van der Waals surface area contributed by atoms with E-state index < -0.39 is 0 Å². The minimum Gasteiger partial charge on any atom is -0.357 e. The second-order valence-corrected chi connectivity index (χ2v) is 6.46. The first-order valence-corrected chi connectivity index (χ1v) is 8.82. The van der Waals surface area contributed by atoms with E-state index in [4.69, 9.17) is 0 Å². The fourth-order valence-corrected chi connectivity index (χ4v) is 3.43. The molecule has 0 unspecified atom stereocenters. The summed E-state index contributed by atoms with van der Waals surface area (Å²) in [6.45, 7) is 4.94. The summed E-state index contributed by atoms with van der Waals surface area (Å²) in [6, 6.07) is 13.0. The number of hydrogen-bond donors (Lipinski definition) is 1. The third-order valence-corrected chi connectivity index (χ3v) is 4.80. The molecule has 0 aromatic heterocycles. The molecule has 4 nitrogen and oxygen atoms in total. The molecule has 0 saturated carbocycles. The normalized spacial score (nSPS) is 16.0. The Morgan fingerprint density at radius 2 is 1.38 bits per heavy atom. The molecule has 0 atom stereocenters. The average Bonchev–Trinajstić information content (AvgIpc) is 2.66. The van der Waals surface area contributed by atoms with Crippen molar-refractivity contribution in [2.24, 2.45) is 0 Å². The van der Waals surface area contributed by atoms with E-state index in [1.54, 1.807) is 24.3 Å². The molecular weight excluding hydrogens is 336 g/mol. The van der Waals surface area contributed by atoms with Crippen molar-refractivity contribution in [2.75, 3.05) is 39.3 Å². The third kappa shape index (κ3) is 4.65. The zero-order chi connectivity index (χ0) is 18.4. The standard InChI is InChI=1S/C20H23F2N3O/c21-18-5-1-16(2-6-18)20(17-3-7-19(22)8-4-17)25-13-11-24(12-14-25)10-9-23-15-26/h1-8,15,20H,9-14H2,(H,23,26). The summed E-state index contributed by atoms with van der Waals surface area (Å²) in [5.41, 5.74) is 1.99. The zero-order valence-electron chi connectivity index (χ0n) is 14.6. The second-order valence-electron chi connectivity index (χ2n) is 6.46. The maximum Gasteiger partial charge on any atom is 0.207 e. The van der Waals surface area contributed by atoms with Gasteiger partial charge in [0.1, 0.15) is 11.6 Å². The number of amides is 1. The van der Waals surface area contributed by atoms with Crippen LogP contribution in [0.3, 0.4) is 0 Å². The Balaban J connectivity index is 1.75. The third-order valence-electron chi connectivity index (χ3n) is 4.80. The number of nitrogens with one attached hydrogen (secondary N) is 1. The fraction of sp³-hybridized carbons (Fsp3) is 0.350. The van der Waals surface area contributed by atoms with Crippen molar-refractivity contribution < 1.29 is 13.6 Å². The highest BCUT2D eigenvalue weighted by Crippen LogP contribution is 2.30. The highest BCUT2D eigenvalue weighted by Gasteiger charge is 2.26. The lowest BCUT2D eigenvalue weighted by molar-refractivity contribution is -0.109. The van der Waals surface area contributed by atoms with E-state index >= 15 is 0 Å². The topological polar surface area (TPSA) is 35.6 Å². The van der Waals surface area contributed by atoms with E-state index in [1.807, 2.05) is 0 Å². The predicted octanol–water partition coefficient (Wildman–Crippen LogP) is 2.42. The molecule has 2 aromatic carbocycles. The van der Waals surface area contributed by atoms with Crippen molar-refractivity contribution in [3.05, 3.63) is 71.3 Å². The van der Waals surface area contributed by atoms with Gasteiger partial charge in [0.25, 0.3) is 0 Å². The second kappa shape index (κ2) is 8.87. The zero-order valence-corrected chi connectivity index (χ0v) is 14.6. The fourth-order valence-electron chi connectivity index (χ4n) is 3.43. The van der Waals surface area contributed by atoms with Crippen LogP contribution in [0.5, 0.6) is 0 Å². The van der Waals surface area contributed by atoms with Gasteiger partial charge in [-0.3, -0.25) is 14.6 Å². The molecule has 0 spiro atoms. The number of rotatable bonds is 7. The molecule has 2 aromatic rings. The molecule has 1 fully saturated rings. The Hall–Kier alpha value is -2.31. The molecular formula is C20H23F2N3O. The number of nitrogens with zero attached hydrogens (tertiary/aromatic N) is 2. The summed E-state index contributed by atoms with van der Waals surface area (Å²) < 4.78 is 26.7. The van der Waals surface area contributed by atoms with Gasteiger partial charge in [0.15, 0.2) is 0 Å². The van der Waals surface area contributed by atoms with Crippen LogP contribution in [0.2, 0.25) is 0 Å². The molecule has 6 heteroatoms. The van der Waals surface area contributed by atoms with Crippen LogP contribution in [0.15, 0.2) is 48.5 Å². The van der Waals surface area contributed by atoms with Gasteiger partial charge < -0.3 is 5.32 Å². The summed E-state index contributed by atoms with van der Waals surface area (Å²) in [4.78, 5) is 15.0. The van der Waals surface area contributed by atoms with E-state index in [2.05, 4.69) is 15.1 Å². The molecule has 0 radical (unpaired) electrons. The van der Waals surface area contributed by atoms with Crippen LogP contribution in [-0.2, 0) is 4.79 Å². The summed E-state index contributed by atoms with van der Waals surface area (Å²) in [5, 5.41) is 2.68. The summed E-state index contributed by atoms with van der Waals surface area (Å²) >= 11 is 0. The van der Waals surface area contributed by atoms with Crippen molar-refractivity contribution in [2.45, 2.75) is 6.04 Å². The average molecular weight is 359 g/mol. The Morgan fingerprint density at radius 3 is 1.85 bits per heavy atom. The molecule has 1 saturated heterocycles. The number of carbonyl (C=O) groups excluding carboxylic acids is 1. The van der Waals surface area contributed by atoms with Gasteiger partial charge in [-0.2, -0.15) is 0 Å². The molecule has 0 bridgehead atoms. The van der Waals surface area contributed by atoms with E-state index in [1.165, 1.54) is 24.3 Å². The van der Waals surface area contributed by atoms with Crippen molar-refractivity contribution in [1.29, 1.82) is 0 Å². The molecule has 1 N–H and O–H groups in total. The first kappa shape index (κ1) is 18.5. The van der Waals surface area contributed by atoms with E-state index in [-0.39, 0.29) is 17.7 Å². The monoisotopic (exact) mass is 359 g/mol. The SMILES string of the molecule is O=CNCCN1CCN(C(c2ccc(F)cc2)c2ccc(F)cc2)CC1. The lowest BCUT2D eigenvalue weighted by Crippen LogP contribution is -2.49. The lowest BCUT2D eigenvalue weighted by atomic mass is 9.96. The first-order valence-electron chi connectivity index (χ1n) is 8.82. The Bertz CT molecular complexity index is 653. The van der Waals surface area contributed by atoms with Crippen molar-refractivity contribution >= 4 is 6.41 Å². The van der Waals surface area contributed by atoms with Crippen molar-refractivity contribution in [3.8, 4) is 0 Å². The smallest absolute Gasteiger partial charge is 0.207 e. The van der Waals surface area contributed by atoms with Gasteiger partial charge in [0.2, 0.25) is 6.41 Å². The number of hydrogen-bond acceptors (Lipinski definition) is 3. The van der Waals surface area contributed by atoms with E-state index in [9.17, 15) is 13.6 Å². The summed E-state index contributed by atoms with van der Waals surface area (Å²) in [7, 11) is 0. The van der Waals surface area contributed by atoms with Gasteiger partial charge in [-0.15, -0.1) is 0 Å². The lowest BCUT2D eigenvalue weighted by Gasteiger charge is -2.39. The highest BCUT2D eigenvalue weighted by molar-refractivity contribution is 5.45. The Kier molecular flexibility index (Phi) is 6.30. The van der Waals surface area contributed by atoms with Gasteiger partial charge in [-0.25, -0.2) is 8.78 Å². The van der Waals surface area contributed by atoms with Crippen LogP contribution in [0.25, 0.3) is 0 Å². The molecule has 1 amide bonds. The van der Waals surface area contributed by atoms with Gasteiger partial charge >= 0.3 is 0 Å². The van der Waals surface area contributed by atoms with Crippen LogP contribution in [0.4, 0.5) is 8.78 Å². The molecule has 138 valence electrons. The minimum absolute atomic E-state index is 0.0357. The van der Waals surface area contributed by atoms with Crippen LogP contribution in [0.1, 0.15) is 17.2 Å². The van der Waals surface area contributed by atoms with Gasteiger partial charge in [0.05, 0.1) is 6.04 Å². The van der Waals surface area contributed by atoms with E-state index in [0.29, 0.717) is 6.54 Å². The molecule has 3 rings (SSSR count). The number of carbonyl (C=O) groups is 1.